The zero-order chi connectivity index (χ0) is 16.7. The van der Waals surface area contributed by atoms with Crippen LogP contribution in [-0.2, 0) is 0 Å². The summed E-state index contributed by atoms with van der Waals surface area (Å²) < 4.78 is 1.86. The number of benzene rings is 1. The molecule has 3 aromatic rings. The third-order valence-corrected chi connectivity index (χ3v) is 5.56. The lowest BCUT2D eigenvalue weighted by molar-refractivity contribution is 0.0944. The minimum Gasteiger partial charge on any atom is -0.347 e. The van der Waals surface area contributed by atoms with Gasteiger partial charge in [0.1, 0.15) is 4.83 Å². The maximum absolute atomic E-state index is 12.5. The van der Waals surface area contributed by atoms with E-state index in [0.29, 0.717) is 9.90 Å². The lowest BCUT2D eigenvalue weighted by Crippen LogP contribution is -2.35. The van der Waals surface area contributed by atoms with E-state index in [-0.39, 0.29) is 24.4 Å². The Kier molecular flexibility index (Phi) is 5.34. The van der Waals surface area contributed by atoms with Gasteiger partial charge in [0.05, 0.1) is 16.3 Å². The molecule has 4 rings (SSSR count). The second-order valence-corrected chi connectivity index (χ2v) is 7.44. The summed E-state index contributed by atoms with van der Waals surface area (Å²) in [6, 6.07) is 9.71. The molecule has 2 N–H and O–H groups in total. The molecule has 1 amide bonds. The Morgan fingerprint density at radius 1 is 1.44 bits per heavy atom. The summed E-state index contributed by atoms with van der Waals surface area (Å²) in [4.78, 5) is 14.2. The maximum atomic E-state index is 12.5. The molecule has 1 aliphatic heterocycles. The number of carbonyl (C=O) groups excluding carboxylic acids is 1. The fourth-order valence-corrected chi connectivity index (χ4v) is 4.25. The number of fused-ring (bicyclic) bond motifs is 1. The minimum atomic E-state index is -0.0121. The number of carbonyl (C=O) groups is 1. The van der Waals surface area contributed by atoms with Gasteiger partial charge in [-0.15, -0.1) is 23.7 Å². The van der Waals surface area contributed by atoms with E-state index < -0.39 is 0 Å². The molecule has 0 bridgehead atoms. The number of hydrogen-bond donors (Lipinski definition) is 2. The van der Waals surface area contributed by atoms with Crippen molar-refractivity contribution in [3.05, 3.63) is 45.9 Å². The van der Waals surface area contributed by atoms with E-state index in [2.05, 4.69) is 15.7 Å². The standard InChI is InChI=1S/C17H17ClN4OS.ClH/c1-10-14-8-15(16(23)20-12-5-6-19-9-12)24-17(14)22(21-10)13-4-2-3-11(18)7-13;/h2-4,7-8,12,19H,5-6,9H2,1H3,(H,20,23);1H. The normalized spacial score (nSPS) is 16.8. The van der Waals surface area contributed by atoms with E-state index in [0.717, 1.165) is 41.1 Å². The van der Waals surface area contributed by atoms with Crippen molar-refractivity contribution in [2.75, 3.05) is 13.1 Å². The Morgan fingerprint density at radius 2 is 2.28 bits per heavy atom. The highest BCUT2D eigenvalue weighted by molar-refractivity contribution is 7.20. The number of rotatable bonds is 3. The molecule has 1 atom stereocenters. The third-order valence-electron chi connectivity index (χ3n) is 4.22. The molecule has 0 saturated carbocycles. The first kappa shape index (κ1) is 18.2. The van der Waals surface area contributed by atoms with Crippen LogP contribution < -0.4 is 10.6 Å². The summed E-state index contributed by atoms with van der Waals surface area (Å²) in [5, 5.41) is 12.6. The number of hydrogen-bond acceptors (Lipinski definition) is 4. The van der Waals surface area contributed by atoms with Crippen molar-refractivity contribution in [2.24, 2.45) is 0 Å². The van der Waals surface area contributed by atoms with Gasteiger partial charge in [-0.2, -0.15) is 5.10 Å². The van der Waals surface area contributed by atoms with E-state index >= 15 is 0 Å². The van der Waals surface area contributed by atoms with Gasteiger partial charge in [-0.3, -0.25) is 4.79 Å². The molecule has 1 aliphatic rings. The van der Waals surface area contributed by atoms with Crippen LogP contribution in [0, 0.1) is 6.92 Å². The van der Waals surface area contributed by atoms with Crippen LogP contribution in [0.1, 0.15) is 21.8 Å². The molecule has 0 radical (unpaired) electrons. The number of nitrogens with one attached hydrogen (secondary N) is 2. The van der Waals surface area contributed by atoms with Gasteiger partial charge < -0.3 is 10.6 Å². The summed E-state index contributed by atoms with van der Waals surface area (Å²) >= 11 is 7.56. The fourth-order valence-electron chi connectivity index (χ4n) is 2.98. The lowest BCUT2D eigenvalue weighted by Gasteiger charge is -2.09. The van der Waals surface area contributed by atoms with E-state index in [9.17, 15) is 4.79 Å². The van der Waals surface area contributed by atoms with Crippen molar-refractivity contribution in [3.8, 4) is 5.69 Å². The average molecular weight is 397 g/mol. The van der Waals surface area contributed by atoms with E-state index in [1.807, 2.05) is 41.9 Å². The SMILES string of the molecule is Cc1nn(-c2cccc(Cl)c2)c2sc(C(=O)NC3CCNC3)cc12.Cl. The molecular formula is C17H18Cl2N4OS. The fraction of sp³-hybridized carbons (Fsp3) is 0.294. The molecule has 5 nitrogen and oxygen atoms in total. The van der Waals surface area contributed by atoms with Gasteiger partial charge in [0.15, 0.2) is 0 Å². The summed E-state index contributed by atoms with van der Waals surface area (Å²) in [5.74, 6) is -0.0121. The second-order valence-electron chi connectivity index (χ2n) is 5.97. The molecule has 132 valence electrons. The van der Waals surface area contributed by atoms with Crippen LogP contribution in [0.25, 0.3) is 15.9 Å². The van der Waals surface area contributed by atoms with Crippen LogP contribution >= 0.6 is 35.3 Å². The van der Waals surface area contributed by atoms with Crippen LogP contribution in [-0.4, -0.2) is 34.8 Å². The van der Waals surface area contributed by atoms with Gasteiger partial charge in [-0.1, -0.05) is 17.7 Å². The molecule has 1 unspecified atom stereocenters. The smallest absolute Gasteiger partial charge is 0.261 e. The summed E-state index contributed by atoms with van der Waals surface area (Å²) in [5.41, 5.74) is 1.80. The van der Waals surface area contributed by atoms with E-state index in [1.165, 1.54) is 11.3 Å². The van der Waals surface area contributed by atoms with Gasteiger partial charge in [-0.05, 0) is 44.2 Å². The Bertz CT molecular complexity index is 915. The molecule has 3 heterocycles. The van der Waals surface area contributed by atoms with Crippen molar-refractivity contribution >= 4 is 51.5 Å². The van der Waals surface area contributed by atoms with Gasteiger partial charge in [0, 0.05) is 23.0 Å². The molecule has 25 heavy (non-hydrogen) atoms. The zero-order valence-electron chi connectivity index (χ0n) is 13.6. The number of halogens is 2. The van der Waals surface area contributed by atoms with E-state index in [1.54, 1.807) is 0 Å². The molecule has 0 aliphatic carbocycles. The van der Waals surface area contributed by atoms with Crippen molar-refractivity contribution in [3.63, 3.8) is 0 Å². The van der Waals surface area contributed by atoms with Crippen molar-refractivity contribution < 1.29 is 4.79 Å². The number of aryl methyl sites for hydroxylation is 1. The Labute approximate surface area is 160 Å². The van der Waals surface area contributed by atoms with Crippen LogP contribution in [0.4, 0.5) is 0 Å². The molecule has 0 spiro atoms. The maximum Gasteiger partial charge on any atom is 0.261 e. The van der Waals surface area contributed by atoms with Crippen molar-refractivity contribution in [1.82, 2.24) is 20.4 Å². The van der Waals surface area contributed by atoms with Crippen LogP contribution in [0.15, 0.2) is 30.3 Å². The highest BCUT2D eigenvalue weighted by Crippen LogP contribution is 2.31. The third kappa shape index (κ3) is 3.53. The number of nitrogens with zero attached hydrogens (tertiary/aromatic N) is 2. The Morgan fingerprint density at radius 3 is 3.00 bits per heavy atom. The zero-order valence-corrected chi connectivity index (χ0v) is 16.0. The van der Waals surface area contributed by atoms with Crippen molar-refractivity contribution in [2.45, 2.75) is 19.4 Å². The van der Waals surface area contributed by atoms with Crippen molar-refractivity contribution in [1.29, 1.82) is 0 Å². The number of thiophene rings is 1. The average Bonchev–Trinajstić information content (AvgIpc) is 3.26. The number of amides is 1. The van der Waals surface area contributed by atoms with Crippen LogP contribution in [0.2, 0.25) is 5.02 Å². The van der Waals surface area contributed by atoms with Gasteiger partial charge >= 0.3 is 0 Å². The first-order valence-corrected chi connectivity index (χ1v) is 9.08. The largest absolute Gasteiger partial charge is 0.347 e. The summed E-state index contributed by atoms with van der Waals surface area (Å²) in [7, 11) is 0. The monoisotopic (exact) mass is 396 g/mol. The van der Waals surface area contributed by atoms with Gasteiger partial charge in [-0.25, -0.2) is 4.68 Å². The van der Waals surface area contributed by atoms with E-state index in [4.69, 9.17) is 11.6 Å². The summed E-state index contributed by atoms with van der Waals surface area (Å²) in [6.45, 7) is 3.75. The Hall–Kier alpha value is -1.60. The van der Waals surface area contributed by atoms with Gasteiger partial charge in [0.25, 0.3) is 5.91 Å². The lowest BCUT2D eigenvalue weighted by atomic mass is 10.2. The quantitative estimate of drug-likeness (QED) is 0.711. The highest BCUT2D eigenvalue weighted by atomic mass is 35.5. The van der Waals surface area contributed by atoms with Crippen LogP contribution in [0.5, 0.6) is 0 Å². The topological polar surface area (TPSA) is 59.0 Å². The molecule has 2 aromatic heterocycles. The molecule has 1 saturated heterocycles. The number of aromatic nitrogens is 2. The Balaban J connectivity index is 0.00000182. The highest BCUT2D eigenvalue weighted by Gasteiger charge is 2.21. The first-order chi connectivity index (χ1) is 11.6. The predicted molar refractivity (Wildman–Crippen MR) is 105 cm³/mol. The van der Waals surface area contributed by atoms with Crippen LogP contribution in [0.3, 0.4) is 0 Å². The van der Waals surface area contributed by atoms with Gasteiger partial charge in [0.2, 0.25) is 0 Å². The molecule has 8 heteroatoms. The molecular weight excluding hydrogens is 379 g/mol. The minimum absolute atomic E-state index is 0. The second kappa shape index (κ2) is 7.33. The summed E-state index contributed by atoms with van der Waals surface area (Å²) in [6.07, 6.45) is 0.978. The first-order valence-electron chi connectivity index (χ1n) is 7.88. The molecule has 1 aromatic carbocycles. The predicted octanol–water partition coefficient (Wildman–Crippen LogP) is 3.56. The molecule has 1 fully saturated rings.